The summed E-state index contributed by atoms with van der Waals surface area (Å²) in [7, 11) is 1.53. The number of ether oxygens (including phenoxy) is 2. The molecule has 0 amide bonds. The van der Waals surface area contributed by atoms with Crippen LogP contribution in [0.15, 0.2) is 47.6 Å². The summed E-state index contributed by atoms with van der Waals surface area (Å²) in [6.07, 6.45) is 6.21. The van der Waals surface area contributed by atoms with Crippen molar-refractivity contribution in [3.63, 3.8) is 0 Å². The number of anilines is 3. The van der Waals surface area contributed by atoms with Crippen molar-refractivity contribution >= 4 is 30.0 Å². The highest BCUT2D eigenvalue weighted by Crippen LogP contribution is 2.28. The van der Waals surface area contributed by atoms with E-state index in [1.165, 1.54) is 7.11 Å². The van der Waals surface area contributed by atoms with Gasteiger partial charge in [0, 0.05) is 26.2 Å². The van der Waals surface area contributed by atoms with Gasteiger partial charge in [0.1, 0.15) is 0 Å². The highest BCUT2D eigenvalue weighted by molar-refractivity contribution is 5.91. The van der Waals surface area contributed by atoms with Crippen molar-refractivity contribution in [3.8, 4) is 11.5 Å². The number of hydrogen-bond acceptors (Lipinski definition) is 10. The van der Waals surface area contributed by atoms with Gasteiger partial charge in [0.15, 0.2) is 11.5 Å². The van der Waals surface area contributed by atoms with Crippen molar-refractivity contribution in [3.05, 3.63) is 59.2 Å². The van der Waals surface area contributed by atoms with Crippen LogP contribution in [0.1, 0.15) is 47.2 Å². The second kappa shape index (κ2) is 11.2. The number of hydrazone groups is 1. The molecule has 2 aromatic carbocycles. The number of rotatable bonds is 8. The molecule has 2 aliphatic rings. The summed E-state index contributed by atoms with van der Waals surface area (Å²) in [5.74, 6) is 2.10. The molecule has 0 saturated carbocycles. The number of esters is 1. The maximum Gasteiger partial charge on any atom is 0.343 e. The molecule has 1 N–H and O–H groups in total. The highest BCUT2D eigenvalue weighted by Gasteiger charge is 2.21. The van der Waals surface area contributed by atoms with Crippen LogP contribution in [-0.2, 0) is 0 Å². The zero-order valence-electron chi connectivity index (χ0n) is 21.2. The van der Waals surface area contributed by atoms with Gasteiger partial charge >= 0.3 is 5.97 Å². The summed E-state index contributed by atoms with van der Waals surface area (Å²) >= 11 is 0. The Hall–Kier alpha value is -4.21. The largest absolute Gasteiger partial charge is 0.493 e. The fraction of sp³-hybridized carbons (Fsp3) is 0.370. The maximum atomic E-state index is 12.5. The molecule has 0 aliphatic carbocycles. The van der Waals surface area contributed by atoms with Gasteiger partial charge in [0.25, 0.3) is 0 Å². The molecule has 0 unspecified atom stereocenters. The number of carbonyl (C=O) groups excluding carboxylic acids is 1. The van der Waals surface area contributed by atoms with Gasteiger partial charge in [-0.05, 0) is 68.5 Å². The number of nitrogens with zero attached hydrogens (tertiary/aromatic N) is 6. The van der Waals surface area contributed by atoms with E-state index in [9.17, 15) is 4.79 Å². The van der Waals surface area contributed by atoms with Crippen molar-refractivity contribution in [2.45, 2.75) is 32.6 Å². The molecular formula is C27H31N7O3. The first-order valence-corrected chi connectivity index (χ1v) is 12.6. The molecule has 37 heavy (non-hydrogen) atoms. The molecule has 0 atom stereocenters. The monoisotopic (exact) mass is 501 g/mol. The first-order chi connectivity index (χ1) is 18.1. The van der Waals surface area contributed by atoms with E-state index in [0.29, 0.717) is 34.9 Å². The Kier molecular flexibility index (Phi) is 7.43. The van der Waals surface area contributed by atoms with Crippen LogP contribution in [0.25, 0.3) is 0 Å². The van der Waals surface area contributed by atoms with E-state index < -0.39 is 5.97 Å². The number of hydrogen-bond donors (Lipinski definition) is 1. The van der Waals surface area contributed by atoms with Crippen molar-refractivity contribution in [1.29, 1.82) is 0 Å². The zero-order valence-corrected chi connectivity index (χ0v) is 21.2. The Bertz CT molecular complexity index is 1230. The Morgan fingerprint density at radius 3 is 2.11 bits per heavy atom. The van der Waals surface area contributed by atoms with Gasteiger partial charge in [0.05, 0.1) is 18.9 Å². The molecule has 0 spiro atoms. The molecule has 2 aliphatic heterocycles. The van der Waals surface area contributed by atoms with Crippen LogP contribution in [0.5, 0.6) is 11.5 Å². The van der Waals surface area contributed by atoms with Crippen LogP contribution in [0, 0.1) is 6.92 Å². The molecule has 10 heteroatoms. The predicted octanol–water partition coefficient (Wildman–Crippen LogP) is 4.05. The van der Waals surface area contributed by atoms with E-state index in [4.69, 9.17) is 14.5 Å². The van der Waals surface area contributed by atoms with Gasteiger partial charge in [-0.3, -0.25) is 0 Å². The average molecular weight is 502 g/mol. The molecule has 2 fully saturated rings. The summed E-state index contributed by atoms with van der Waals surface area (Å²) in [6.45, 7) is 5.77. The summed E-state index contributed by atoms with van der Waals surface area (Å²) < 4.78 is 11.0. The third-order valence-electron chi connectivity index (χ3n) is 6.45. The van der Waals surface area contributed by atoms with E-state index in [-0.39, 0.29) is 0 Å². The van der Waals surface area contributed by atoms with Crippen LogP contribution in [-0.4, -0.2) is 60.4 Å². The van der Waals surface area contributed by atoms with Crippen LogP contribution >= 0.6 is 0 Å². The molecule has 1 aromatic heterocycles. The lowest BCUT2D eigenvalue weighted by atomic mass is 10.1. The molecular weight excluding hydrogens is 470 g/mol. The molecule has 0 bridgehead atoms. The van der Waals surface area contributed by atoms with Crippen molar-refractivity contribution in [2.24, 2.45) is 5.10 Å². The van der Waals surface area contributed by atoms with Gasteiger partial charge in [-0.2, -0.15) is 20.1 Å². The smallest absolute Gasteiger partial charge is 0.343 e. The average Bonchev–Trinajstić information content (AvgIpc) is 3.65. The third-order valence-corrected chi connectivity index (χ3v) is 6.45. The number of methoxy groups -OCH3 is 1. The van der Waals surface area contributed by atoms with E-state index in [2.05, 4.69) is 30.3 Å². The lowest BCUT2D eigenvalue weighted by Gasteiger charge is -2.20. The Labute approximate surface area is 216 Å². The van der Waals surface area contributed by atoms with Gasteiger partial charge in [-0.15, -0.1) is 0 Å². The van der Waals surface area contributed by atoms with Crippen LogP contribution in [0.3, 0.4) is 0 Å². The molecule has 192 valence electrons. The Morgan fingerprint density at radius 1 is 0.892 bits per heavy atom. The van der Waals surface area contributed by atoms with Crippen LogP contribution in [0.4, 0.5) is 17.8 Å². The van der Waals surface area contributed by atoms with Gasteiger partial charge < -0.3 is 19.3 Å². The summed E-state index contributed by atoms with van der Waals surface area (Å²) in [6, 6.07) is 12.5. The highest BCUT2D eigenvalue weighted by atomic mass is 16.6. The normalized spacial score (nSPS) is 15.4. The first kappa shape index (κ1) is 24.5. The number of aryl methyl sites for hydroxylation is 1. The van der Waals surface area contributed by atoms with E-state index in [0.717, 1.165) is 63.0 Å². The molecule has 3 aromatic rings. The summed E-state index contributed by atoms with van der Waals surface area (Å²) in [5.41, 5.74) is 5.26. The maximum absolute atomic E-state index is 12.5. The SMILES string of the molecule is COc1cc(/C=N\Nc2nc(N3CCCC3)nc(N3CCCC3)n2)ccc1OC(=O)c1ccc(C)cc1. The number of aromatic nitrogens is 3. The van der Waals surface area contributed by atoms with E-state index in [1.807, 2.05) is 19.1 Å². The summed E-state index contributed by atoms with van der Waals surface area (Å²) in [4.78, 5) is 30.8. The lowest BCUT2D eigenvalue weighted by molar-refractivity contribution is 0.0729. The van der Waals surface area contributed by atoms with Gasteiger partial charge in [0.2, 0.25) is 17.8 Å². The Balaban J connectivity index is 1.29. The van der Waals surface area contributed by atoms with Crippen molar-refractivity contribution < 1.29 is 14.3 Å². The van der Waals surface area contributed by atoms with E-state index >= 15 is 0 Å². The number of nitrogens with one attached hydrogen (secondary N) is 1. The molecule has 5 rings (SSSR count). The predicted molar refractivity (Wildman–Crippen MR) is 143 cm³/mol. The van der Waals surface area contributed by atoms with Crippen molar-refractivity contribution in [2.75, 3.05) is 48.5 Å². The quantitative estimate of drug-likeness (QED) is 0.212. The molecule has 0 radical (unpaired) electrons. The van der Waals surface area contributed by atoms with Gasteiger partial charge in [-0.25, -0.2) is 10.2 Å². The van der Waals surface area contributed by atoms with E-state index in [1.54, 1.807) is 36.5 Å². The topological polar surface area (TPSA) is 105 Å². The number of benzene rings is 2. The van der Waals surface area contributed by atoms with Gasteiger partial charge in [-0.1, -0.05) is 17.7 Å². The minimum Gasteiger partial charge on any atom is -0.493 e. The van der Waals surface area contributed by atoms with Crippen LogP contribution < -0.4 is 24.7 Å². The zero-order chi connectivity index (χ0) is 25.6. The fourth-order valence-corrected chi connectivity index (χ4v) is 4.38. The standard InChI is InChI=1S/C27H31N7O3/c1-19-7-10-21(11-8-19)24(35)37-22-12-9-20(17-23(22)36-2)18-28-32-25-29-26(33-13-3-4-14-33)31-27(30-25)34-15-5-6-16-34/h7-12,17-18H,3-6,13-16H2,1-2H3,(H,29,30,31,32)/b28-18-. The number of carbonyl (C=O) groups is 1. The van der Waals surface area contributed by atoms with Crippen LogP contribution in [0.2, 0.25) is 0 Å². The molecule has 10 nitrogen and oxygen atoms in total. The lowest BCUT2D eigenvalue weighted by Crippen LogP contribution is -2.25. The second-order valence-corrected chi connectivity index (χ2v) is 9.18. The minimum atomic E-state index is -0.446. The first-order valence-electron chi connectivity index (χ1n) is 12.6. The second-order valence-electron chi connectivity index (χ2n) is 9.18. The third kappa shape index (κ3) is 5.96. The molecule has 3 heterocycles. The Morgan fingerprint density at radius 2 is 1.51 bits per heavy atom. The summed E-state index contributed by atoms with van der Waals surface area (Å²) in [5, 5.41) is 4.34. The minimum absolute atomic E-state index is 0.334. The fourth-order valence-electron chi connectivity index (χ4n) is 4.38. The van der Waals surface area contributed by atoms with Crippen molar-refractivity contribution in [1.82, 2.24) is 15.0 Å². The molecule has 2 saturated heterocycles.